The molecule has 2 rings (SSSR count). The third-order valence-electron chi connectivity index (χ3n) is 2.59. The Morgan fingerprint density at radius 3 is 2.71 bits per heavy atom. The monoisotopic (exact) mass is 235 g/mol. The van der Waals surface area contributed by atoms with Crippen LogP contribution in [-0.4, -0.2) is 33.3 Å². The van der Waals surface area contributed by atoms with Crippen molar-refractivity contribution < 1.29 is 0 Å². The van der Waals surface area contributed by atoms with Crippen LogP contribution in [0.1, 0.15) is 18.9 Å². The van der Waals surface area contributed by atoms with E-state index in [1.165, 1.54) is 0 Å². The Balaban J connectivity index is 2.74. The van der Waals surface area contributed by atoms with Crippen LogP contribution in [0.3, 0.4) is 0 Å². The summed E-state index contributed by atoms with van der Waals surface area (Å²) in [4.78, 5) is 18.2. The van der Waals surface area contributed by atoms with Crippen LogP contribution in [0.4, 0.5) is 5.95 Å². The normalized spacial score (nSPS) is 11.1. The first-order valence-corrected chi connectivity index (χ1v) is 5.68. The van der Waals surface area contributed by atoms with Crippen molar-refractivity contribution in [1.82, 2.24) is 19.2 Å². The van der Waals surface area contributed by atoms with E-state index in [-0.39, 0.29) is 5.56 Å². The van der Waals surface area contributed by atoms with Crippen molar-refractivity contribution in [2.24, 2.45) is 0 Å². The lowest BCUT2D eigenvalue weighted by Crippen LogP contribution is -2.24. The van der Waals surface area contributed by atoms with Gasteiger partial charge < -0.3 is 4.90 Å². The van der Waals surface area contributed by atoms with Gasteiger partial charge in [-0.05, 0) is 13.3 Å². The molecule has 0 radical (unpaired) electrons. The van der Waals surface area contributed by atoms with Crippen LogP contribution in [0.2, 0.25) is 0 Å². The molecule has 0 amide bonds. The van der Waals surface area contributed by atoms with Crippen LogP contribution < -0.4 is 10.5 Å². The molecule has 0 fully saturated rings. The summed E-state index contributed by atoms with van der Waals surface area (Å²) in [5, 5.41) is 4.33. The second-order valence-electron chi connectivity index (χ2n) is 4.32. The van der Waals surface area contributed by atoms with Gasteiger partial charge in [-0.3, -0.25) is 9.36 Å². The SMILES string of the molecule is CCCn1c(=O)c(C)cn2nc(N(C)C)nc12. The van der Waals surface area contributed by atoms with Crippen molar-refractivity contribution in [2.45, 2.75) is 26.8 Å². The quantitative estimate of drug-likeness (QED) is 0.785. The molecule has 0 aromatic carbocycles. The second kappa shape index (κ2) is 4.20. The summed E-state index contributed by atoms with van der Waals surface area (Å²) in [5.74, 6) is 1.21. The standard InChI is InChI=1S/C11H17N5O/c1-5-6-15-9(17)8(2)7-16-11(15)12-10(13-16)14(3)4/h7H,5-6H2,1-4H3. The summed E-state index contributed by atoms with van der Waals surface area (Å²) < 4.78 is 3.34. The number of hydrogen-bond acceptors (Lipinski definition) is 4. The fraction of sp³-hybridized carbons (Fsp3) is 0.545. The van der Waals surface area contributed by atoms with Gasteiger partial charge in [-0.15, -0.1) is 5.10 Å². The fourth-order valence-corrected chi connectivity index (χ4v) is 1.73. The first-order chi connectivity index (χ1) is 8.04. The molecule has 0 aliphatic heterocycles. The number of aromatic nitrogens is 4. The summed E-state index contributed by atoms with van der Waals surface area (Å²) in [7, 11) is 3.76. The molecule has 0 saturated heterocycles. The highest BCUT2D eigenvalue weighted by molar-refractivity contribution is 5.39. The minimum atomic E-state index is 0.0112. The van der Waals surface area contributed by atoms with Crippen molar-refractivity contribution in [3.05, 3.63) is 22.1 Å². The molecule has 0 aliphatic carbocycles. The number of hydrogen-bond donors (Lipinski definition) is 0. The minimum Gasteiger partial charge on any atom is -0.346 e. The number of nitrogens with zero attached hydrogens (tertiary/aromatic N) is 5. The summed E-state index contributed by atoms with van der Waals surface area (Å²) >= 11 is 0. The smallest absolute Gasteiger partial charge is 0.257 e. The van der Waals surface area contributed by atoms with Gasteiger partial charge >= 0.3 is 0 Å². The number of rotatable bonds is 3. The Kier molecular flexibility index (Phi) is 2.87. The zero-order valence-electron chi connectivity index (χ0n) is 10.6. The highest BCUT2D eigenvalue weighted by Crippen LogP contribution is 2.07. The van der Waals surface area contributed by atoms with Gasteiger partial charge in [0.05, 0.1) is 0 Å². The maximum Gasteiger partial charge on any atom is 0.257 e. The molecule has 2 aromatic rings. The van der Waals surface area contributed by atoms with Gasteiger partial charge in [-0.25, -0.2) is 4.52 Å². The van der Waals surface area contributed by atoms with Gasteiger partial charge in [-0.1, -0.05) is 6.92 Å². The zero-order chi connectivity index (χ0) is 12.6. The lowest BCUT2D eigenvalue weighted by atomic mass is 10.3. The lowest BCUT2D eigenvalue weighted by Gasteiger charge is -2.05. The van der Waals surface area contributed by atoms with Crippen LogP contribution in [0.5, 0.6) is 0 Å². The molecule has 0 atom stereocenters. The van der Waals surface area contributed by atoms with Crippen molar-refractivity contribution >= 4 is 11.7 Å². The number of aryl methyl sites for hydroxylation is 2. The summed E-state index contributed by atoms with van der Waals surface area (Å²) in [6.45, 7) is 4.50. The highest BCUT2D eigenvalue weighted by Gasteiger charge is 2.11. The van der Waals surface area contributed by atoms with E-state index < -0.39 is 0 Å². The van der Waals surface area contributed by atoms with E-state index in [0.29, 0.717) is 23.8 Å². The first-order valence-electron chi connectivity index (χ1n) is 5.68. The van der Waals surface area contributed by atoms with E-state index in [4.69, 9.17) is 0 Å². The van der Waals surface area contributed by atoms with E-state index in [9.17, 15) is 4.79 Å². The molecule has 2 aromatic heterocycles. The molecule has 92 valence electrons. The van der Waals surface area contributed by atoms with E-state index in [2.05, 4.69) is 10.1 Å². The van der Waals surface area contributed by atoms with E-state index >= 15 is 0 Å². The Bertz CT molecular complexity index is 596. The molecule has 0 saturated carbocycles. The fourth-order valence-electron chi connectivity index (χ4n) is 1.73. The molecular weight excluding hydrogens is 218 g/mol. The Hall–Kier alpha value is -1.85. The predicted molar refractivity (Wildman–Crippen MR) is 66.6 cm³/mol. The molecule has 17 heavy (non-hydrogen) atoms. The maximum absolute atomic E-state index is 12.0. The molecule has 0 N–H and O–H groups in total. The summed E-state index contributed by atoms with van der Waals surface area (Å²) in [6, 6.07) is 0. The average Bonchev–Trinajstić information content (AvgIpc) is 2.68. The van der Waals surface area contributed by atoms with Gasteiger partial charge in [0.15, 0.2) is 0 Å². The maximum atomic E-state index is 12.0. The largest absolute Gasteiger partial charge is 0.346 e. The predicted octanol–water partition coefficient (Wildman–Crippen LogP) is 0.675. The van der Waals surface area contributed by atoms with Gasteiger partial charge in [0.1, 0.15) is 0 Å². The van der Waals surface area contributed by atoms with Crippen LogP contribution in [0, 0.1) is 6.92 Å². The van der Waals surface area contributed by atoms with Crippen molar-refractivity contribution in [3.63, 3.8) is 0 Å². The van der Waals surface area contributed by atoms with Crippen molar-refractivity contribution in [1.29, 1.82) is 0 Å². The first kappa shape index (κ1) is 11.6. The molecule has 6 nitrogen and oxygen atoms in total. The zero-order valence-corrected chi connectivity index (χ0v) is 10.6. The Labute approximate surface area is 99.5 Å². The van der Waals surface area contributed by atoms with E-state index in [0.717, 1.165) is 6.42 Å². The molecular formula is C11H17N5O. The molecule has 6 heteroatoms. The molecule has 0 bridgehead atoms. The summed E-state index contributed by atoms with van der Waals surface area (Å²) in [6.07, 6.45) is 2.62. The van der Waals surface area contributed by atoms with E-state index in [1.807, 2.05) is 25.9 Å². The van der Waals surface area contributed by atoms with Crippen LogP contribution >= 0.6 is 0 Å². The van der Waals surface area contributed by atoms with Crippen LogP contribution in [0.25, 0.3) is 5.78 Å². The van der Waals surface area contributed by atoms with Crippen molar-refractivity contribution in [2.75, 3.05) is 19.0 Å². The lowest BCUT2D eigenvalue weighted by molar-refractivity contribution is 0.646. The second-order valence-corrected chi connectivity index (χ2v) is 4.32. The third kappa shape index (κ3) is 1.90. The van der Waals surface area contributed by atoms with Gasteiger partial charge in [0.2, 0.25) is 11.7 Å². The average molecular weight is 235 g/mol. The number of fused-ring (bicyclic) bond motifs is 1. The Morgan fingerprint density at radius 1 is 1.41 bits per heavy atom. The number of anilines is 1. The van der Waals surface area contributed by atoms with Gasteiger partial charge in [-0.2, -0.15) is 4.98 Å². The third-order valence-corrected chi connectivity index (χ3v) is 2.59. The van der Waals surface area contributed by atoms with Gasteiger partial charge in [0, 0.05) is 32.4 Å². The molecule has 0 aliphatic rings. The molecule has 0 unspecified atom stereocenters. The van der Waals surface area contributed by atoms with E-state index in [1.54, 1.807) is 22.2 Å². The molecule has 0 spiro atoms. The Morgan fingerprint density at radius 2 is 2.12 bits per heavy atom. The van der Waals surface area contributed by atoms with Crippen LogP contribution in [-0.2, 0) is 6.54 Å². The van der Waals surface area contributed by atoms with Gasteiger partial charge in [0.25, 0.3) is 5.56 Å². The topological polar surface area (TPSA) is 55.4 Å². The molecule has 2 heterocycles. The van der Waals surface area contributed by atoms with Crippen LogP contribution in [0.15, 0.2) is 11.0 Å². The highest BCUT2D eigenvalue weighted by atomic mass is 16.1. The van der Waals surface area contributed by atoms with Crippen molar-refractivity contribution in [3.8, 4) is 0 Å². The minimum absolute atomic E-state index is 0.0112. The summed E-state index contributed by atoms with van der Waals surface area (Å²) in [5.41, 5.74) is 0.693.